The number of hydrogen-bond acceptors (Lipinski definition) is 5. The first-order valence-corrected chi connectivity index (χ1v) is 7.26. The van der Waals surface area contributed by atoms with E-state index >= 15 is 0 Å². The van der Waals surface area contributed by atoms with E-state index in [9.17, 15) is 0 Å². The standard InChI is InChI=1S/C14H15N5S/c1-9(14-15-6-7-20-14)16-12-5-3-4-11(8-12)13-17-10(2)18-19-13/h3-9,16H,1-2H3,(H,17,18,19). The normalized spacial score (nSPS) is 12.3. The van der Waals surface area contributed by atoms with Crippen molar-refractivity contribution in [3.8, 4) is 11.4 Å². The number of benzene rings is 1. The zero-order chi connectivity index (χ0) is 13.9. The van der Waals surface area contributed by atoms with Crippen molar-refractivity contribution in [3.05, 3.63) is 46.7 Å². The molecule has 0 bridgehead atoms. The second-order valence-corrected chi connectivity index (χ2v) is 5.49. The zero-order valence-electron chi connectivity index (χ0n) is 11.3. The Morgan fingerprint density at radius 2 is 2.25 bits per heavy atom. The van der Waals surface area contributed by atoms with Gasteiger partial charge in [0.15, 0.2) is 5.82 Å². The molecule has 0 amide bonds. The van der Waals surface area contributed by atoms with E-state index in [-0.39, 0.29) is 6.04 Å². The first-order chi connectivity index (χ1) is 9.72. The van der Waals surface area contributed by atoms with Crippen molar-refractivity contribution in [1.82, 2.24) is 20.2 Å². The fraction of sp³-hybridized carbons (Fsp3) is 0.214. The molecule has 6 heteroatoms. The molecule has 0 saturated heterocycles. The smallest absolute Gasteiger partial charge is 0.181 e. The summed E-state index contributed by atoms with van der Waals surface area (Å²) in [5.74, 6) is 1.53. The summed E-state index contributed by atoms with van der Waals surface area (Å²) in [5, 5.41) is 13.5. The van der Waals surface area contributed by atoms with E-state index in [0.29, 0.717) is 5.82 Å². The highest BCUT2D eigenvalue weighted by Gasteiger charge is 2.09. The number of aryl methyl sites for hydroxylation is 1. The fourth-order valence-electron chi connectivity index (χ4n) is 1.98. The van der Waals surface area contributed by atoms with E-state index in [1.807, 2.05) is 42.8 Å². The van der Waals surface area contributed by atoms with Crippen LogP contribution in [0.3, 0.4) is 0 Å². The van der Waals surface area contributed by atoms with E-state index in [0.717, 1.165) is 22.1 Å². The summed E-state index contributed by atoms with van der Waals surface area (Å²) in [4.78, 5) is 8.67. The second-order valence-electron chi connectivity index (χ2n) is 4.56. The van der Waals surface area contributed by atoms with Gasteiger partial charge < -0.3 is 5.32 Å². The predicted octanol–water partition coefficient (Wildman–Crippen LogP) is 3.41. The molecule has 0 fully saturated rings. The molecule has 3 aromatic rings. The molecule has 20 heavy (non-hydrogen) atoms. The van der Waals surface area contributed by atoms with Crippen LogP contribution in [-0.4, -0.2) is 20.2 Å². The third kappa shape index (κ3) is 2.70. The van der Waals surface area contributed by atoms with Gasteiger partial charge in [-0.25, -0.2) is 9.97 Å². The van der Waals surface area contributed by atoms with E-state index in [4.69, 9.17) is 0 Å². The van der Waals surface area contributed by atoms with Crippen LogP contribution in [0.4, 0.5) is 5.69 Å². The van der Waals surface area contributed by atoms with Gasteiger partial charge in [-0.15, -0.1) is 11.3 Å². The van der Waals surface area contributed by atoms with E-state index in [1.54, 1.807) is 11.3 Å². The summed E-state index contributed by atoms with van der Waals surface area (Å²) in [6.45, 7) is 3.99. The lowest BCUT2D eigenvalue weighted by Gasteiger charge is -2.13. The molecule has 0 radical (unpaired) electrons. The number of H-pyrrole nitrogens is 1. The van der Waals surface area contributed by atoms with Crippen LogP contribution in [0.25, 0.3) is 11.4 Å². The van der Waals surface area contributed by atoms with Crippen molar-refractivity contribution in [2.24, 2.45) is 0 Å². The van der Waals surface area contributed by atoms with Crippen molar-refractivity contribution in [2.75, 3.05) is 5.32 Å². The average molecular weight is 285 g/mol. The average Bonchev–Trinajstić information content (AvgIpc) is 3.10. The molecule has 2 heterocycles. The molecule has 2 aromatic heterocycles. The molecule has 5 nitrogen and oxygen atoms in total. The van der Waals surface area contributed by atoms with Crippen molar-refractivity contribution in [1.29, 1.82) is 0 Å². The number of nitrogens with one attached hydrogen (secondary N) is 2. The Balaban J connectivity index is 1.81. The Labute approximate surface area is 121 Å². The van der Waals surface area contributed by atoms with Crippen LogP contribution < -0.4 is 5.32 Å². The highest BCUT2D eigenvalue weighted by Crippen LogP contribution is 2.24. The third-order valence-corrected chi connectivity index (χ3v) is 3.88. The van der Waals surface area contributed by atoms with Crippen molar-refractivity contribution in [3.63, 3.8) is 0 Å². The van der Waals surface area contributed by atoms with Crippen molar-refractivity contribution < 1.29 is 0 Å². The quantitative estimate of drug-likeness (QED) is 0.771. The molecule has 1 unspecified atom stereocenters. The van der Waals surface area contributed by atoms with Crippen LogP contribution >= 0.6 is 11.3 Å². The van der Waals surface area contributed by atoms with Crippen LogP contribution in [0, 0.1) is 6.92 Å². The van der Waals surface area contributed by atoms with Gasteiger partial charge in [0.25, 0.3) is 0 Å². The maximum Gasteiger partial charge on any atom is 0.181 e. The van der Waals surface area contributed by atoms with Crippen LogP contribution in [0.5, 0.6) is 0 Å². The molecular formula is C14H15N5S. The number of thiazole rings is 1. The predicted molar refractivity (Wildman–Crippen MR) is 80.7 cm³/mol. The zero-order valence-corrected chi connectivity index (χ0v) is 12.1. The van der Waals surface area contributed by atoms with Gasteiger partial charge in [-0.3, -0.25) is 5.10 Å². The molecule has 0 aliphatic heterocycles. The van der Waals surface area contributed by atoms with E-state index in [2.05, 4.69) is 32.4 Å². The number of aromatic nitrogens is 4. The maximum absolute atomic E-state index is 4.35. The van der Waals surface area contributed by atoms with Gasteiger partial charge in [0.2, 0.25) is 0 Å². The monoisotopic (exact) mass is 285 g/mol. The lowest BCUT2D eigenvalue weighted by Crippen LogP contribution is -2.06. The number of hydrogen-bond donors (Lipinski definition) is 2. The fourth-order valence-corrected chi connectivity index (χ4v) is 2.63. The van der Waals surface area contributed by atoms with Gasteiger partial charge in [0, 0.05) is 22.8 Å². The summed E-state index contributed by atoms with van der Waals surface area (Å²) in [6.07, 6.45) is 1.82. The molecule has 0 aliphatic carbocycles. The summed E-state index contributed by atoms with van der Waals surface area (Å²) >= 11 is 1.65. The Morgan fingerprint density at radius 1 is 1.35 bits per heavy atom. The van der Waals surface area contributed by atoms with Crippen LogP contribution in [0.1, 0.15) is 23.8 Å². The first-order valence-electron chi connectivity index (χ1n) is 6.38. The topological polar surface area (TPSA) is 66.5 Å². The van der Waals surface area contributed by atoms with Gasteiger partial charge in [0.1, 0.15) is 10.8 Å². The Morgan fingerprint density at radius 3 is 2.95 bits per heavy atom. The molecule has 102 valence electrons. The summed E-state index contributed by atoms with van der Waals surface area (Å²) in [6, 6.07) is 8.26. The van der Waals surface area contributed by atoms with Gasteiger partial charge in [-0.05, 0) is 26.0 Å². The molecular weight excluding hydrogens is 270 g/mol. The van der Waals surface area contributed by atoms with E-state index in [1.165, 1.54) is 0 Å². The highest BCUT2D eigenvalue weighted by atomic mass is 32.1. The van der Waals surface area contributed by atoms with Crippen molar-refractivity contribution in [2.45, 2.75) is 19.9 Å². The largest absolute Gasteiger partial charge is 0.376 e. The summed E-state index contributed by atoms with van der Waals surface area (Å²) < 4.78 is 0. The number of rotatable bonds is 4. The minimum atomic E-state index is 0.180. The number of nitrogens with zero attached hydrogens (tertiary/aromatic N) is 3. The molecule has 0 saturated carbocycles. The lowest BCUT2D eigenvalue weighted by molar-refractivity contribution is 0.870. The maximum atomic E-state index is 4.35. The van der Waals surface area contributed by atoms with Gasteiger partial charge in [0.05, 0.1) is 6.04 Å². The molecule has 1 aromatic carbocycles. The minimum absolute atomic E-state index is 0.180. The Bertz CT molecular complexity index is 689. The van der Waals surface area contributed by atoms with Gasteiger partial charge >= 0.3 is 0 Å². The molecule has 0 spiro atoms. The van der Waals surface area contributed by atoms with Crippen LogP contribution in [-0.2, 0) is 0 Å². The van der Waals surface area contributed by atoms with Crippen LogP contribution in [0.2, 0.25) is 0 Å². The second kappa shape index (κ2) is 5.42. The Kier molecular flexibility index (Phi) is 3.47. The minimum Gasteiger partial charge on any atom is -0.376 e. The summed E-state index contributed by atoms with van der Waals surface area (Å²) in [7, 11) is 0. The highest BCUT2D eigenvalue weighted by molar-refractivity contribution is 7.09. The number of anilines is 1. The molecule has 1 atom stereocenters. The Hall–Kier alpha value is -2.21. The number of aromatic amines is 1. The van der Waals surface area contributed by atoms with Gasteiger partial charge in [-0.2, -0.15) is 5.10 Å². The van der Waals surface area contributed by atoms with E-state index < -0.39 is 0 Å². The van der Waals surface area contributed by atoms with Gasteiger partial charge in [-0.1, -0.05) is 12.1 Å². The molecule has 2 N–H and O–H groups in total. The first kappa shape index (κ1) is 12.8. The third-order valence-electron chi connectivity index (χ3n) is 2.92. The van der Waals surface area contributed by atoms with Crippen molar-refractivity contribution >= 4 is 17.0 Å². The lowest BCUT2D eigenvalue weighted by atomic mass is 10.2. The SMILES string of the molecule is Cc1nc(-c2cccc(NC(C)c3nccs3)c2)n[nH]1. The molecule has 0 aliphatic rings. The summed E-state index contributed by atoms with van der Waals surface area (Å²) in [5.41, 5.74) is 2.03. The molecule has 3 rings (SSSR count). The van der Waals surface area contributed by atoms with Crippen LogP contribution in [0.15, 0.2) is 35.8 Å².